The number of benzene rings is 1. The lowest BCUT2D eigenvalue weighted by molar-refractivity contribution is -0.126. The van der Waals surface area contributed by atoms with Crippen molar-refractivity contribution < 1.29 is 9.53 Å². The summed E-state index contributed by atoms with van der Waals surface area (Å²) >= 11 is 5.85. The van der Waals surface area contributed by atoms with E-state index in [0.29, 0.717) is 18.2 Å². The second-order valence-corrected chi connectivity index (χ2v) is 5.26. The van der Waals surface area contributed by atoms with Crippen LogP contribution in [0.2, 0.25) is 5.02 Å². The molecule has 2 N–H and O–H groups in total. The summed E-state index contributed by atoms with van der Waals surface area (Å²) in [5, 5.41) is 6.83. The van der Waals surface area contributed by atoms with Gasteiger partial charge in [-0.2, -0.15) is 0 Å². The molecule has 0 radical (unpaired) electrons. The van der Waals surface area contributed by atoms with Gasteiger partial charge in [0, 0.05) is 11.1 Å². The molecule has 0 saturated carbocycles. The van der Waals surface area contributed by atoms with Gasteiger partial charge in [-0.1, -0.05) is 23.7 Å². The SMILES string of the molecule is CNC1COCC1C(=O)N[C@H](C)c1ccc(Cl)cc1. The third-order valence-electron chi connectivity index (χ3n) is 3.52. The first-order chi connectivity index (χ1) is 9.11. The Balaban J connectivity index is 1.96. The highest BCUT2D eigenvalue weighted by atomic mass is 35.5. The first kappa shape index (κ1) is 14.3. The van der Waals surface area contributed by atoms with Gasteiger partial charge in [0.25, 0.3) is 0 Å². The highest BCUT2D eigenvalue weighted by Crippen LogP contribution is 2.19. The van der Waals surface area contributed by atoms with Gasteiger partial charge in [0.05, 0.1) is 25.2 Å². The van der Waals surface area contributed by atoms with Crippen LogP contribution in [-0.2, 0) is 9.53 Å². The number of hydrogen-bond donors (Lipinski definition) is 2. The van der Waals surface area contributed by atoms with Crippen LogP contribution in [0.1, 0.15) is 18.5 Å². The third-order valence-corrected chi connectivity index (χ3v) is 3.77. The molecule has 1 fully saturated rings. The fourth-order valence-corrected chi connectivity index (χ4v) is 2.38. The summed E-state index contributed by atoms with van der Waals surface area (Å²) in [6.45, 7) is 3.03. The van der Waals surface area contributed by atoms with Crippen LogP contribution < -0.4 is 10.6 Å². The van der Waals surface area contributed by atoms with Gasteiger partial charge in [-0.3, -0.25) is 4.79 Å². The van der Waals surface area contributed by atoms with Gasteiger partial charge in [0.2, 0.25) is 5.91 Å². The standard InChI is InChI=1S/C14H19ClN2O2/c1-9(10-3-5-11(15)6-4-10)17-14(18)12-7-19-8-13(12)16-2/h3-6,9,12-13,16H,7-8H2,1-2H3,(H,17,18)/t9-,12?,13?/m1/s1. The lowest BCUT2D eigenvalue weighted by atomic mass is 10.0. The van der Waals surface area contributed by atoms with Crippen molar-refractivity contribution in [2.45, 2.75) is 19.0 Å². The monoisotopic (exact) mass is 282 g/mol. The highest BCUT2D eigenvalue weighted by Gasteiger charge is 2.33. The molecule has 1 heterocycles. The van der Waals surface area contributed by atoms with Gasteiger partial charge in [0.15, 0.2) is 0 Å². The zero-order valence-electron chi connectivity index (χ0n) is 11.2. The van der Waals surface area contributed by atoms with E-state index in [0.717, 1.165) is 5.56 Å². The molecule has 0 spiro atoms. The molecule has 5 heteroatoms. The maximum absolute atomic E-state index is 12.2. The van der Waals surface area contributed by atoms with Crippen LogP contribution in [0.15, 0.2) is 24.3 Å². The number of carbonyl (C=O) groups excluding carboxylic acids is 1. The molecule has 104 valence electrons. The van der Waals surface area contributed by atoms with E-state index >= 15 is 0 Å². The highest BCUT2D eigenvalue weighted by molar-refractivity contribution is 6.30. The van der Waals surface area contributed by atoms with Crippen LogP contribution in [0.25, 0.3) is 0 Å². The van der Waals surface area contributed by atoms with Crippen LogP contribution in [0.4, 0.5) is 0 Å². The molecule has 19 heavy (non-hydrogen) atoms. The summed E-state index contributed by atoms with van der Waals surface area (Å²) in [5.41, 5.74) is 1.04. The van der Waals surface area contributed by atoms with E-state index < -0.39 is 0 Å². The average molecular weight is 283 g/mol. The van der Waals surface area contributed by atoms with E-state index in [9.17, 15) is 4.79 Å². The summed E-state index contributed by atoms with van der Waals surface area (Å²) in [7, 11) is 1.85. The molecular formula is C14H19ClN2O2. The van der Waals surface area contributed by atoms with Crippen LogP contribution in [0, 0.1) is 5.92 Å². The van der Waals surface area contributed by atoms with Gasteiger partial charge in [-0.05, 0) is 31.7 Å². The number of hydrogen-bond acceptors (Lipinski definition) is 3. The van der Waals surface area contributed by atoms with Gasteiger partial charge < -0.3 is 15.4 Å². The second kappa shape index (κ2) is 6.37. The lowest BCUT2D eigenvalue weighted by Crippen LogP contribution is -2.43. The minimum atomic E-state index is -0.125. The Morgan fingerprint density at radius 2 is 2.05 bits per heavy atom. The van der Waals surface area contributed by atoms with Crippen LogP contribution in [0.3, 0.4) is 0 Å². The normalized spacial score (nSPS) is 24.2. The number of nitrogens with one attached hydrogen (secondary N) is 2. The summed E-state index contributed by atoms with van der Waals surface area (Å²) in [6, 6.07) is 7.56. The minimum Gasteiger partial charge on any atom is -0.379 e. The predicted octanol–water partition coefficient (Wildman–Crippen LogP) is 1.75. The summed E-state index contributed by atoms with van der Waals surface area (Å²) in [4.78, 5) is 12.2. The molecule has 1 amide bonds. The van der Waals surface area contributed by atoms with Crippen molar-refractivity contribution in [3.63, 3.8) is 0 Å². The Bertz CT molecular complexity index is 436. The molecule has 1 aromatic rings. The molecule has 2 unspecified atom stereocenters. The van der Waals surface area contributed by atoms with Crippen molar-refractivity contribution in [1.29, 1.82) is 0 Å². The van der Waals surface area contributed by atoms with E-state index in [-0.39, 0.29) is 23.9 Å². The van der Waals surface area contributed by atoms with Crippen molar-refractivity contribution in [3.05, 3.63) is 34.9 Å². The fourth-order valence-electron chi connectivity index (χ4n) is 2.25. The maximum atomic E-state index is 12.2. The zero-order chi connectivity index (χ0) is 13.8. The van der Waals surface area contributed by atoms with E-state index in [1.807, 2.05) is 38.2 Å². The number of likely N-dealkylation sites (N-methyl/N-ethyl adjacent to an activating group) is 1. The van der Waals surface area contributed by atoms with E-state index in [4.69, 9.17) is 16.3 Å². The topological polar surface area (TPSA) is 50.4 Å². The Morgan fingerprint density at radius 1 is 1.37 bits per heavy atom. The van der Waals surface area contributed by atoms with Gasteiger partial charge in [-0.15, -0.1) is 0 Å². The van der Waals surface area contributed by atoms with Gasteiger partial charge in [0.1, 0.15) is 0 Å². The Labute approximate surface area is 118 Å². The van der Waals surface area contributed by atoms with Crippen molar-refractivity contribution in [2.24, 2.45) is 5.92 Å². The lowest BCUT2D eigenvalue weighted by Gasteiger charge is -2.20. The Kier molecular flexibility index (Phi) is 4.80. The molecule has 0 bridgehead atoms. The van der Waals surface area contributed by atoms with Gasteiger partial charge >= 0.3 is 0 Å². The fraction of sp³-hybridized carbons (Fsp3) is 0.500. The number of amides is 1. The predicted molar refractivity (Wildman–Crippen MR) is 75.2 cm³/mol. The summed E-state index contributed by atoms with van der Waals surface area (Å²) in [6.07, 6.45) is 0. The van der Waals surface area contributed by atoms with Crippen molar-refractivity contribution in [1.82, 2.24) is 10.6 Å². The number of ether oxygens (including phenoxy) is 1. The molecular weight excluding hydrogens is 264 g/mol. The van der Waals surface area contributed by atoms with Crippen LogP contribution in [-0.4, -0.2) is 32.2 Å². The molecule has 0 aliphatic carbocycles. The van der Waals surface area contributed by atoms with Crippen LogP contribution in [0.5, 0.6) is 0 Å². The third kappa shape index (κ3) is 3.47. The number of rotatable bonds is 4. The minimum absolute atomic E-state index is 0.0271. The molecule has 1 saturated heterocycles. The summed E-state index contributed by atoms with van der Waals surface area (Å²) < 4.78 is 5.34. The largest absolute Gasteiger partial charge is 0.379 e. The Morgan fingerprint density at radius 3 is 2.68 bits per heavy atom. The van der Waals surface area contributed by atoms with Crippen molar-refractivity contribution in [2.75, 3.05) is 20.3 Å². The first-order valence-corrected chi connectivity index (χ1v) is 6.80. The second-order valence-electron chi connectivity index (χ2n) is 4.82. The molecule has 1 aromatic carbocycles. The van der Waals surface area contributed by atoms with E-state index in [1.54, 1.807) is 0 Å². The quantitative estimate of drug-likeness (QED) is 0.885. The summed E-state index contributed by atoms with van der Waals surface area (Å²) in [5.74, 6) is -0.0981. The average Bonchev–Trinajstić information content (AvgIpc) is 2.87. The molecule has 3 atom stereocenters. The Hall–Kier alpha value is -1.10. The van der Waals surface area contributed by atoms with Crippen molar-refractivity contribution in [3.8, 4) is 0 Å². The number of carbonyl (C=O) groups is 1. The molecule has 2 rings (SSSR count). The number of halogens is 1. The van der Waals surface area contributed by atoms with Crippen molar-refractivity contribution >= 4 is 17.5 Å². The van der Waals surface area contributed by atoms with E-state index in [1.165, 1.54) is 0 Å². The smallest absolute Gasteiger partial charge is 0.227 e. The maximum Gasteiger partial charge on any atom is 0.227 e. The first-order valence-electron chi connectivity index (χ1n) is 6.42. The molecule has 1 aliphatic heterocycles. The van der Waals surface area contributed by atoms with Crippen LogP contribution >= 0.6 is 11.6 Å². The molecule has 4 nitrogen and oxygen atoms in total. The zero-order valence-corrected chi connectivity index (χ0v) is 11.9. The molecule has 0 aromatic heterocycles. The van der Waals surface area contributed by atoms with Gasteiger partial charge in [-0.25, -0.2) is 0 Å². The molecule has 1 aliphatic rings. The van der Waals surface area contributed by atoms with E-state index in [2.05, 4.69) is 10.6 Å².